The second kappa shape index (κ2) is 6.68. The van der Waals surface area contributed by atoms with Crippen LogP contribution in [0.5, 0.6) is 0 Å². The number of anilines is 1. The van der Waals surface area contributed by atoms with Crippen molar-refractivity contribution >= 4 is 33.7 Å². The Labute approximate surface area is 120 Å². The summed E-state index contributed by atoms with van der Waals surface area (Å²) in [6.45, 7) is 5.69. The van der Waals surface area contributed by atoms with E-state index in [9.17, 15) is 4.79 Å². The van der Waals surface area contributed by atoms with Crippen molar-refractivity contribution in [1.82, 2.24) is 10.3 Å². The average Bonchev–Trinajstić information content (AvgIpc) is 3.04. The topological polar surface area (TPSA) is 54.0 Å². The minimum atomic E-state index is -0.123. The van der Waals surface area contributed by atoms with Gasteiger partial charge in [-0.2, -0.15) is 0 Å². The second-order valence-electron chi connectivity index (χ2n) is 4.57. The SMILES string of the molecule is CC(C)CNc1nc(C(=O)NCc2cccs2)cs1. The Morgan fingerprint density at radius 3 is 2.95 bits per heavy atom. The quantitative estimate of drug-likeness (QED) is 0.860. The molecule has 2 aromatic rings. The lowest BCUT2D eigenvalue weighted by molar-refractivity contribution is 0.0947. The van der Waals surface area contributed by atoms with Crippen LogP contribution in [0.1, 0.15) is 29.2 Å². The van der Waals surface area contributed by atoms with Crippen molar-refractivity contribution in [2.45, 2.75) is 20.4 Å². The van der Waals surface area contributed by atoms with Gasteiger partial charge in [-0.1, -0.05) is 19.9 Å². The minimum Gasteiger partial charge on any atom is -0.361 e. The van der Waals surface area contributed by atoms with E-state index in [1.165, 1.54) is 11.3 Å². The van der Waals surface area contributed by atoms with Crippen LogP contribution in [0.2, 0.25) is 0 Å². The summed E-state index contributed by atoms with van der Waals surface area (Å²) in [6.07, 6.45) is 0. The Bertz CT molecular complexity index is 520. The fourth-order valence-electron chi connectivity index (χ4n) is 1.42. The molecular formula is C13H17N3OS2. The maximum atomic E-state index is 11.9. The molecule has 4 nitrogen and oxygen atoms in total. The van der Waals surface area contributed by atoms with E-state index in [-0.39, 0.29) is 5.91 Å². The molecule has 6 heteroatoms. The number of thiazole rings is 1. The smallest absolute Gasteiger partial charge is 0.271 e. The van der Waals surface area contributed by atoms with Crippen molar-refractivity contribution in [2.75, 3.05) is 11.9 Å². The van der Waals surface area contributed by atoms with Crippen LogP contribution in [0, 0.1) is 5.92 Å². The fourth-order valence-corrected chi connectivity index (χ4v) is 2.77. The summed E-state index contributed by atoms with van der Waals surface area (Å²) in [7, 11) is 0. The zero-order chi connectivity index (χ0) is 13.7. The van der Waals surface area contributed by atoms with Crippen LogP contribution in [0.15, 0.2) is 22.9 Å². The molecule has 0 atom stereocenters. The first-order valence-corrected chi connectivity index (χ1v) is 7.91. The van der Waals surface area contributed by atoms with Crippen LogP contribution < -0.4 is 10.6 Å². The van der Waals surface area contributed by atoms with E-state index < -0.39 is 0 Å². The highest BCUT2D eigenvalue weighted by Gasteiger charge is 2.10. The molecule has 0 fully saturated rings. The zero-order valence-electron chi connectivity index (χ0n) is 11.0. The molecule has 0 unspecified atom stereocenters. The van der Waals surface area contributed by atoms with Gasteiger partial charge in [0, 0.05) is 16.8 Å². The first kappa shape index (κ1) is 14.0. The molecule has 2 heterocycles. The minimum absolute atomic E-state index is 0.123. The molecule has 0 saturated carbocycles. The third kappa shape index (κ3) is 4.33. The summed E-state index contributed by atoms with van der Waals surface area (Å²) in [6, 6.07) is 3.98. The van der Waals surface area contributed by atoms with E-state index in [4.69, 9.17) is 0 Å². The van der Waals surface area contributed by atoms with E-state index in [1.54, 1.807) is 16.7 Å². The highest BCUT2D eigenvalue weighted by molar-refractivity contribution is 7.13. The maximum Gasteiger partial charge on any atom is 0.271 e. The Morgan fingerprint density at radius 2 is 2.26 bits per heavy atom. The average molecular weight is 295 g/mol. The molecule has 0 aliphatic carbocycles. The highest BCUT2D eigenvalue weighted by atomic mass is 32.1. The van der Waals surface area contributed by atoms with Crippen molar-refractivity contribution in [3.63, 3.8) is 0 Å². The number of hydrogen-bond acceptors (Lipinski definition) is 5. The summed E-state index contributed by atoms with van der Waals surface area (Å²) in [5.41, 5.74) is 0.479. The van der Waals surface area contributed by atoms with Gasteiger partial charge in [-0.15, -0.1) is 22.7 Å². The van der Waals surface area contributed by atoms with Crippen molar-refractivity contribution in [1.29, 1.82) is 0 Å². The van der Waals surface area contributed by atoms with Crippen molar-refractivity contribution in [3.8, 4) is 0 Å². The molecule has 1 amide bonds. The molecule has 2 aromatic heterocycles. The summed E-state index contributed by atoms with van der Waals surface area (Å²) in [5, 5.41) is 10.7. The number of nitrogens with zero attached hydrogens (tertiary/aromatic N) is 1. The van der Waals surface area contributed by atoms with E-state index in [1.807, 2.05) is 17.5 Å². The van der Waals surface area contributed by atoms with Gasteiger partial charge >= 0.3 is 0 Å². The van der Waals surface area contributed by atoms with Crippen LogP contribution in [-0.4, -0.2) is 17.4 Å². The predicted molar refractivity (Wildman–Crippen MR) is 80.9 cm³/mol. The molecule has 0 bridgehead atoms. The van der Waals surface area contributed by atoms with Gasteiger partial charge in [-0.3, -0.25) is 4.79 Å². The van der Waals surface area contributed by atoms with Crippen LogP contribution in [0.4, 0.5) is 5.13 Å². The first-order valence-electron chi connectivity index (χ1n) is 6.15. The molecule has 0 aromatic carbocycles. The Hall–Kier alpha value is -1.40. The number of thiophene rings is 1. The normalized spacial score (nSPS) is 10.7. The number of aromatic nitrogens is 1. The molecule has 0 radical (unpaired) electrons. The van der Waals surface area contributed by atoms with Gasteiger partial charge in [-0.05, 0) is 17.4 Å². The molecular weight excluding hydrogens is 278 g/mol. The van der Waals surface area contributed by atoms with Gasteiger partial charge < -0.3 is 10.6 Å². The lowest BCUT2D eigenvalue weighted by Gasteiger charge is -2.04. The Kier molecular flexibility index (Phi) is 4.93. The lowest BCUT2D eigenvalue weighted by Crippen LogP contribution is -2.22. The van der Waals surface area contributed by atoms with E-state index in [0.717, 1.165) is 16.6 Å². The first-order chi connectivity index (χ1) is 9.15. The second-order valence-corrected chi connectivity index (χ2v) is 6.47. The van der Waals surface area contributed by atoms with Gasteiger partial charge in [-0.25, -0.2) is 4.98 Å². The van der Waals surface area contributed by atoms with Crippen LogP contribution in [-0.2, 0) is 6.54 Å². The molecule has 102 valence electrons. The summed E-state index contributed by atoms with van der Waals surface area (Å²) >= 11 is 3.09. The number of amides is 1. The standard InChI is InChI=1S/C13H17N3OS2/c1-9(2)6-15-13-16-11(8-19-13)12(17)14-7-10-4-3-5-18-10/h3-5,8-9H,6-7H2,1-2H3,(H,14,17)(H,15,16). The van der Waals surface area contributed by atoms with Crippen LogP contribution >= 0.6 is 22.7 Å². The van der Waals surface area contributed by atoms with Gasteiger partial charge in [0.2, 0.25) is 0 Å². The summed E-state index contributed by atoms with van der Waals surface area (Å²) < 4.78 is 0. The van der Waals surface area contributed by atoms with Gasteiger partial charge in [0.1, 0.15) is 5.69 Å². The molecule has 0 aliphatic heterocycles. The molecule has 2 N–H and O–H groups in total. The predicted octanol–water partition coefficient (Wildman–Crippen LogP) is 3.20. The maximum absolute atomic E-state index is 11.9. The van der Waals surface area contributed by atoms with Crippen molar-refractivity contribution in [3.05, 3.63) is 33.5 Å². The van der Waals surface area contributed by atoms with Gasteiger partial charge in [0.25, 0.3) is 5.91 Å². The van der Waals surface area contributed by atoms with E-state index >= 15 is 0 Å². The molecule has 2 rings (SSSR count). The monoisotopic (exact) mass is 295 g/mol. The number of nitrogens with one attached hydrogen (secondary N) is 2. The summed E-state index contributed by atoms with van der Waals surface area (Å²) in [5.74, 6) is 0.433. The van der Waals surface area contributed by atoms with Crippen molar-refractivity contribution < 1.29 is 4.79 Å². The van der Waals surface area contributed by atoms with Gasteiger partial charge in [0.05, 0.1) is 6.54 Å². The molecule has 0 saturated heterocycles. The fraction of sp³-hybridized carbons (Fsp3) is 0.385. The van der Waals surface area contributed by atoms with E-state index in [0.29, 0.717) is 18.2 Å². The van der Waals surface area contributed by atoms with Crippen LogP contribution in [0.25, 0.3) is 0 Å². The Balaban J connectivity index is 1.85. The van der Waals surface area contributed by atoms with Crippen molar-refractivity contribution in [2.24, 2.45) is 5.92 Å². The number of carbonyl (C=O) groups is 1. The highest BCUT2D eigenvalue weighted by Crippen LogP contribution is 2.16. The molecule has 19 heavy (non-hydrogen) atoms. The van der Waals surface area contributed by atoms with Gasteiger partial charge in [0.15, 0.2) is 5.13 Å². The lowest BCUT2D eigenvalue weighted by atomic mass is 10.2. The number of carbonyl (C=O) groups excluding carboxylic acids is 1. The molecule has 0 aliphatic rings. The number of hydrogen-bond donors (Lipinski definition) is 2. The largest absolute Gasteiger partial charge is 0.361 e. The van der Waals surface area contributed by atoms with Crippen LogP contribution in [0.3, 0.4) is 0 Å². The van der Waals surface area contributed by atoms with E-state index in [2.05, 4.69) is 29.5 Å². The summed E-state index contributed by atoms with van der Waals surface area (Å²) in [4.78, 5) is 17.3. The third-order valence-corrected chi connectivity index (χ3v) is 4.08. The number of rotatable bonds is 6. The molecule has 0 spiro atoms. The zero-order valence-corrected chi connectivity index (χ0v) is 12.6. The Morgan fingerprint density at radius 1 is 1.42 bits per heavy atom. The third-order valence-electron chi connectivity index (χ3n) is 2.40.